The maximum absolute atomic E-state index is 6.19. The second-order valence-electron chi connectivity index (χ2n) is 4.69. The lowest BCUT2D eigenvalue weighted by Crippen LogP contribution is -1.97. The number of ether oxygens (including phenoxy) is 1. The zero-order valence-electron chi connectivity index (χ0n) is 12.6. The van der Waals surface area contributed by atoms with Gasteiger partial charge in [-0.2, -0.15) is 5.10 Å². The first-order chi connectivity index (χ1) is 10.5. The van der Waals surface area contributed by atoms with E-state index in [1.807, 2.05) is 20.8 Å². The molecule has 1 N–H and O–H groups in total. The molecule has 0 aliphatic carbocycles. The van der Waals surface area contributed by atoms with Gasteiger partial charge in [-0.15, -0.1) is 11.3 Å². The van der Waals surface area contributed by atoms with E-state index in [2.05, 4.69) is 15.5 Å². The lowest BCUT2D eigenvalue weighted by molar-refractivity contribution is 0.318. The quantitative estimate of drug-likeness (QED) is 0.563. The first kappa shape index (κ1) is 17.1. The second kappa shape index (κ2) is 7.81. The molecule has 0 spiro atoms. The Morgan fingerprint density at radius 1 is 1.32 bits per heavy atom. The van der Waals surface area contributed by atoms with Crippen molar-refractivity contribution in [2.75, 3.05) is 12.0 Å². The van der Waals surface area contributed by atoms with Gasteiger partial charge in [0.1, 0.15) is 0 Å². The van der Waals surface area contributed by atoms with Crippen LogP contribution in [0.25, 0.3) is 0 Å². The van der Waals surface area contributed by atoms with Crippen molar-refractivity contribution in [1.29, 1.82) is 0 Å². The molecule has 0 amide bonds. The molecular weight excluding hydrogens is 341 g/mol. The summed E-state index contributed by atoms with van der Waals surface area (Å²) < 4.78 is 5.53. The fourth-order valence-electron chi connectivity index (χ4n) is 1.68. The van der Waals surface area contributed by atoms with E-state index in [1.54, 1.807) is 29.7 Å². The molecule has 4 nitrogen and oxygen atoms in total. The number of thiazole rings is 1. The summed E-state index contributed by atoms with van der Waals surface area (Å²) in [5.41, 5.74) is 4.70. The normalized spacial score (nSPS) is 11.1. The molecule has 2 rings (SSSR count). The van der Waals surface area contributed by atoms with Gasteiger partial charge in [-0.05, 0) is 38.0 Å². The summed E-state index contributed by atoms with van der Waals surface area (Å²) in [6.07, 6.45) is 2.54. The summed E-state index contributed by atoms with van der Waals surface area (Å²) in [5.74, 6) is 0.515. The van der Waals surface area contributed by atoms with Gasteiger partial charge < -0.3 is 4.74 Å². The maximum Gasteiger partial charge on any atom is 0.203 e. The van der Waals surface area contributed by atoms with E-state index < -0.39 is 0 Å². The minimum Gasteiger partial charge on any atom is -0.490 e. The number of benzene rings is 1. The van der Waals surface area contributed by atoms with Crippen molar-refractivity contribution in [3.05, 3.63) is 38.3 Å². The minimum atomic E-state index is 0.475. The number of hydrogen-bond acceptors (Lipinski definition) is 5. The highest BCUT2D eigenvalue weighted by Gasteiger charge is 2.09. The molecule has 0 aliphatic rings. The van der Waals surface area contributed by atoms with Crippen molar-refractivity contribution in [1.82, 2.24) is 4.98 Å². The Labute approximate surface area is 144 Å². The van der Waals surface area contributed by atoms with Crippen LogP contribution in [0.15, 0.2) is 17.2 Å². The summed E-state index contributed by atoms with van der Waals surface area (Å²) in [7, 11) is 0. The Hall–Kier alpha value is -1.30. The zero-order valence-corrected chi connectivity index (χ0v) is 14.9. The third-order valence-electron chi connectivity index (χ3n) is 2.87. The number of anilines is 1. The fourth-order valence-corrected chi connectivity index (χ4v) is 3.06. The molecule has 0 saturated heterocycles. The molecule has 0 saturated carbocycles. The van der Waals surface area contributed by atoms with Crippen molar-refractivity contribution < 1.29 is 4.74 Å². The zero-order chi connectivity index (χ0) is 16.1. The highest BCUT2D eigenvalue weighted by Crippen LogP contribution is 2.34. The number of rotatable bonds is 6. The summed E-state index contributed by atoms with van der Waals surface area (Å²) in [4.78, 5) is 5.51. The first-order valence-electron chi connectivity index (χ1n) is 6.86. The van der Waals surface area contributed by atoms with E-state index in [1.165, 1.54) is 4.88 Å². The number of hydrazone groups is 1. The monoisotopic (exact) mass is 357 g/mol. The van der Waals surface area contributed by atoms with Crippen LogP contribution < -0.4 is 10.2 Å². The number of aryl methyl sites for hydroxylation is 2. The van der Waals surface area contributed by atoms with Gasteiger partial charge in [-0.3, -0.25) is 5.43 Å². The third-order valence-corrected chi connectivity index (χ3v) is 4.41. The molecule has 1 aromatic heterocycles. The fraction of sp³-hybridized carbons (Fsp3) is 0.333. The Morgan fingerprint density at radius 3 is 2.55 bits per heavy atom. The topological polar surface area (TPSA) is 46.5 Å². The standard InChI is InChI=1S/C15H17Cl2N3OS/c1-4-5-21-14-12(16)6-11(7-13(14)17)8-18-20-15-19-9(2)10(3)22-15/h6-8H,4-5H2,1-3H3,(H,19,20)/b18-8-. The van der Waals surface area contributed by atoms with Crippen molar-refractivity contribution in [2.24, 2.45) is 5.10 Å². The van der Waals surface area contributed by atoms with Crippen LogP contribution in [0.5, 0.6) is 5.75 Å². The Morgan fingerprint density at radius 2 is 2.00 bits per heavy atom. The van der Waals surface area contributed by atoms with E-state index in [-0.39, 0.29) is 0 Å². The van der Waals surface area contributed by atoms with E-state index in [4.69, 9.17) is 27.9 Å². The molecule has 1 heterocycles. The summed E-state index contributed by atoms with van der Waals surface area (Å²) >= 11 is 13.9. The Kier molecular flexibility index (Phi) is 6.06. The van der Waals surface area contributed by atoms with Crippen molar-refractivity contribution in [3.63, 3.8) is 0 Å². The molecule has 2 aromatic rings. The molecule has 0 aliphatic heterocycles. The summed E-state index contributed by atoms with van der Waals surface area (Å²) in [6, 6.07) is 3.53. The minimum absolute atomic E-state index is 0.475. The Bertz CT molecular complexity index is 643. The van der Waals surface area contributed by atoms with Crippen LogP contribution in [0.3, 0.4) is 0 Å². The van der Waals surface area contributed by atoms with Gasteiger partial charge in [0.15, 0.2) is 5.75 Å². The average molecular weight is 358 g/mol. The number of nitrogens with one attached hydrogen (secondary N) is 1. The van der Waals surface area contributed by atoms with E-state index in [0.29, 0.717) is 22.4 Å². The van der Waals surface area contributed by atoms with Gasteiger partial charge in [0.05, 0.1) is 28.6 Å². The number of aromatic nitrogens is 1. The number of hydrogen-bond donors (Lipinski definition) is 1. The van der Waals surface area contributed by atoms with E-state index in [9.17, 15) is 0 Å². The molecule has 0 fully saturated rings. The molecule has 1 aromatic carbocycles. The molecule has 0 atom stereocenters. The molecule has 0 radical (unpaired) electrons. The highest BCUT2D eigenvalue weighted by molar-refractivity contribution is 7.15. The van der Waals surface area contributed by atoms with Crippen molar-refractivity contribution >= 4 is 45.9 Å². The second-order valence-corrected chi connectivity index (χ2v) is 6.71. The van der Waals surface area contributed by atoms with Crippen LogP contribution in [-0.4, -0.2) is 17.8 Å². The molecular formula is C15H17Cl2N3OS. The van der Waals surface area contributed by atoms with Gasteiger partial charge in [-0.1, -0.05) is 30.1 Å². The summed E-state index contributed by atoms with van der Waals surface area (Å²) in [6.45, 7) is 6.60. The van der Waals surface area contributed by atoms with Crippen LogP contribution >= 0.6 is 34.5 Å². The molecule has 0 unspecified atom stereocenters. The predicted molar refractivity (Wildman–Crippen MR) is 95.1 cm³/mol. The van der Waals surface area contributed by atoms with Crippen LogP contribution in [0, 0.1) is 13.8 Å². The number of halogens is 2. The van der Waals surface area contributed by atoms with Crippen LogP contribution in [0.2, 0.25) is 10.0 Å². The van der Waals surface area contributed by atoms with E-state index in [0.717, 1.165) is 22.8 Å². The van der Waals surface area contributed by atoms with Crippen molar-refractivity contribution in [3.8, 4) is 5.75 Å². The third kappa shape index (κ3) is 4.35. The lowest BCUT2D eigenvalue weighted by Gasteiger charge is -2.09. The largest absolute Gasteiger partial charge is 0.490 e. The molecule has 7 heteroatoms. The smallest absolute Gasteiger partial charge is 0.203 e. The molecule has 22 heavy (non-hydrogen) atoms. The van der Waals surface area contributed by atoms with Gasteiger partial charge in [-0.25, -0.2) is 4.98 Å². The van der Waals surface area contributed by atoms with Crippen LogP contribution in [0.1, 0.15) is 29.5 Å². The van der Waals surface area contributed by atoms with Crippen LogP contribution in [-0.2, 0) is 0 Å². The van der Waals surface area contributed by atoms with Crippen LogP contribution in [0.4, 0.5) is 5.13 Å². The van der Waals surface area contributed by atoms with Gasteiger partial charge in [0.2, 0.25) is 5.13 Å². The van der Waals surface area contributed by atoms with Crippen molar-refractivity contribution in [2.45, 2.75) is 27.2 Å². The Balaban J connectivity index is 2.07. The van der Waals surface area contributed by atoms with Gasteiger partial charge >= 0.3 is 0 Å². The highest BCUT2D eigenvalue weighted by atomic mass is 35.5. The maximum atomic E-state index is 6.19. The molecule has 118 valence electrons. The SMILES string of the molecule is CCCOc1c(Cl)cc(/C=N\Nc2nc(C)c(C)s2)cc1Cl. The average Bonchev–Trinajstić information content (AvgIpc) is 2.77. The van der Waals surface area contributed by atoms with Gasteiger partial charge in [0.25, 0.3) is 0 Å². The summed E-state index contributed by atoms with van der Waals surface area (Å²) in [5, 5.41) is 5.86. The number of nitrogens with zero attached hydrogens (tertiary/aromatic N) is 2. The molecule has 0 bridgehead atoms. The first-order valence-corrected chi connectivity index (χ1v) is 8.43. The van der Waals surface area contributed by atoms with E-state index >= 15 is 0 Å². The predicted octanol–water partition coefficient (Wildman–Crippen LogP) is 5.30. The lowest BCUT2D eigenvalue weighted by atomic mass is 10.2. The van der Waals surface area contributed by atoms with Gasteiger partial charge in [0, 0.05) is 4.88 Å².